The smallest absolute Gasteiger partial charge is 0.225 e. The average molecular weight is 246 g/mol. The summed E-state index contributed by atoms with van der Waals surface area (Å²) in [4.78, 5) is 10.3. The molecule has 0 fully saturated rings. The molecule has 0 radical (unpaired) electrons. The Hall–Kier alpha value is -2.01. The topological polar surface area (TPSA) is 55.0 Å². The molecule has 0 aliphatic carbocycles. The van der Waals surface area contributed by atoms with Crippen LogP contribution in [0.3, 0.4) is 0 Å². The van der Waals surface area contributed by atoms with Crippen molar-refractivity contribution in [1.29, 1.82) is 0 Å². The Kier molecular flexibility index (Phi) is 3.84. The molecular weight excluding hydrogens is 231 g/mol. The summed E-state index contributed by atoms with van der Waals surface area (Å²) in [6, 6.07) is 6.49. The molecule has 0 spiro atoms. The van der Waals surface area contributed by atoms with E-state index in [2.05, 4.69) is 9.97 Å². The molecule has 0 saturated heterocycles. The molecule has 1 aromatic carbocycles. The molecular formula is C13H15FN4. The third kappa shape index (κ3) is 3.01. The highest BCUT2D eigenvalue weighted by atomic mass is 19.1. The number of rotatable bonds is 4. The van der Waals surface area contributed by atoms with Crippen LogP contribution in [0.15, 0.2) is 36.7 Å². The number of benzene rings is 1. The van der Waals surface area contributed by atoms with Gasteiger partial charge in [0.15, 0.2) is 0 Å². The summed E-state index contributed by atoms with van der Waals surface area (Å²) < 4.78 is 13.1. The Morgan fingerprint density at radius 3 is 2.56 bits per heavy atom. The molecule has 5 heteroatoms. The lowest BCUT2D eigenvalue weighted by Crippen LogP contribution is -2.19. The SMILES string of the molecule is CN(Cc1cccc(F)c1)c1ncc(CN)cn1. The van der Waals surface area contributed by atoms with Gasteiger partial charge in [0.1, 0.15) is 5.82 Å². The Bertz CT molecular complexity index is 513. The Labute approximate surface area is 105 Å². The van der Waals surface area contributed by atoms with Crippen molar-refractivity contribution < 1.29 is 4.39 Å². The van der Waals surface area contributed by atoms with E-state index in [0.717, 1.165) is 11.1 Å². The van der Waals surface area contributed by atoms with Crippen LogP contribution in [0.25, 0.3) is 0 Å². The normalized spacial score (nSPS) is 10.4. The van der Waals surface area contributed by atoms with Crippen molar-refractivity contribution in [3.05, 3.63) is 53.6 Å². The largest absolute Gasteiger partial charge is 0.340 e. The lowest BCUT2D eigenvalue weighted by atomic mass is 10.2. The molecule has 0 aliphatic heterocycles. The Morgan fingerprint density at radius 1 is 1.22 bits per heavy atom. The summed E-state index contributed by atoms with van der Waals surface area (Å²) in [6.07, 6.45) is 3.40. The molecule has 1 aromatic heterocycles. The minimum atomic E-state index is -0.236. The van der Waals surface area contributed by atoms with E-state index < -0.39 is 0 Å². The standard InChI is InChI=1S/C13H15FN4/c1-18(9-10-3-2-4-12(14)5-10)13-16-7-11(6-15)8-17-13/h2-5,7-8H,6,9,15H2,1H3. The molecule has 4 nitrogen and oxygen atoms in total. The molecule has 0 atom stereocenters. The summed E-state index contributed by atoms with van der Waals surface area (Å²) in [5.41, 5.74) is 7.25. The molecule has 0 aliphatic rings. The van der Waals surface area contributed by atoms with Gasteiger partial charge in [0.05, 0.1) is 0 Å². The summed E-state index contributed by atoms with van der Waals surface area (Å²) in [7, 11) is 1.86. The van der Waals surface area contributed by atoms with Crippen LogP contribution in [0.2, 0.25) is 0 Å². The Balaban J connectivity index is 2.09. The zero-order chi connectivity index (χ0) is 13.0. The second-order valence-electron chi connectivity index (χ2n) is 4.08. The quantitative estimate of drug-likeness (QED) is 0.892. The van der Waals surface area contributed by atoms with Crippen molar-refractivity contribution in [3.8, 4) is 0 Å². The van der Waals surface area contributed by atoms with Crippen LogP contribution < -0.4 is 10.6 Å². The first kappa shape index (κ1) is 12.4. The average Bonchev–Trinajstić information content (AvgIpc) is 2.39. The number of halogens is 1. The Morgan fingerprint density at radius 2 is 1.94 bits per heavy atom. The van der Waals surface area contributed by atoms with Crippen molar-refractivity contribution in [2.45, 2.75) is 13.1 Å². The second kappa shape index (κ2) is 5.55. The van der Waals surface area contributed by atoms with Gasteiger partial charge in [-0.25, -0.2) is 14.4 Å². The fraction of sp³-hybridized carbons (Fsp3) is 0.231. The van der Waals surface area contributed by atoms with E-state index in [0.29, 0.717) is 19.0 Å². The van der Waals surface area contributed by atoms with Crippen LogP contribution in [0, 0.1) is 5.82 Å². The summed E-state index contributed by atoms with van der Waals surface area (Å²) in [5.74, 6) is 0.358. The zero-order valence-corrected chi connectivity index (χ0v) is 10.2. The minimum Gasteiger partial charge on any atom is -0.340 e. The summed E-state index contributed by atoms with van der Waals surface area (Å²) in [5, 5.41) is 0. The van der Waals surface area contributed by atoms with Crippen LogP contribution in [0.1, 0.15) is 11.1 Å². The van der Waals surface area contributed by atoms with Crippen LogP contribution >= 0.6 is 0 Å². The van der Waals surface area contributed by atoms with Crippen LogP contribution in [-0.4, -0.2) is 17.0 Å². The highest BCUT2D eigenvalue weighted by molar-refractivity contribution is 5.31. The van der Waals surface area contributed by atoms with Crippen molar-refractivity contribution >= 4 is 5.95 Å². The van der Waals surface area contributed by atoms with E-state index in [-0.39, 0.29) is 5.82 Å². The van der Waals surface area contributed by atoms with E-state index in [9.17, 15) is 4.39 Å². The number of anilines is 1. The van der Waals surface area contributed by atoms with E-state index in [1.807, 2.05) is 18.0 Å². The third-order valence-electron chi connectivity index (χ3n) is 2.58. The first-order valence-corrected chi connectivity index (χ1v) is 5.65. The number of hydrogen-bond acceptors (Lipinski definition) is 4. The van der Waals surface area contributed by atoms with E-state index in [1.54, 1.807) is 18.5 Å². The highest BCUT2D eigenvalue weighted by Gasteiger charge is 2.05. The lowest BCUT2D eigenvalue weighted by Gasteiger charge is -2.17. The summed E-state index contributed by atoms with van der Waals surface area (Å²) >= 11 is 0. The monoisotopic (exact) mass is 246 g/mol. The van der Waals surface area contributed by atoms with Crippen LogP contribution in [0.4, 0.5) is 10.3 Å². The van der Waals surface area contributed by atoms with Crippen molar-refractivity contribution in [2.75, 3.05) is 11.9 Å². The van der Waals surface area contributed by atoms with Gasteiger partial charge in [-0.1, -0.05) is 12.1 Å². The van der Waals surface area contributed by atoms with Gasteiger partial charge < -0.3 is 10.6 Å². The molecule has 94 valence electrons. The molecule has 0 amide bonds. The van der Waals surface area contributed by atoms with Crippen molar-refractivity contribution in [1.82, 2.24) is 9.97 Å². The predicted octanol–water partition coefficient (Wildman–Crippen LogP) is 1.71. The molecule has 2 rings (SSSR count). The lowest BCUT2D eigenvalue weighted by molar-refractivity contribution is 0.625. The molecule has 18 heavy (non-hydrogen) atoms. The first-order valence-electron chi connectivity index (χ1n) is 5.65. The van der Waals surface area contributed by atoms with Crippen LogP contribution in [-0.2, 0) is 13.1 Å². The van der Waals surface area contributed by atoms with Gasteiger partial charge in [-0.2, -0.15) is 0 Å². The summed E-state index contributed by atoms with van der Waals surface area (Å²) in [6.45, 7) is 0.980. The molecule has 0 bridgehead atoms. The van der Waals surface area contributed by atoms with Gasteiger partial charge in [0.25, 0.3) is 0 Å². The van der Waals surface area contributed by atoms with Gasteiger partial charge in [-0.05, 0) is 17.7 Å². The molecule has 0 unspecified atom stereocenters. The fourth-order valence-corrected chi connectivity index (χ4v) is 1.63. The first-order chi connectivity index (χ1) is 8.69. The highest BCUT2D eigenvalue weighted by Crippen LogP contribution is 2.11. The van der Waals surface area contributed by atoms with Gasteiger partial charge in [-0.3, -0.25) is 0 Å². The van der Waals surface area contributed by atoms with Gasteiger partial charge >= 0.3 is 0 Å². The van der Waals surface area contributed by atoms with E-state index >= 15 is 0 Å². The zero-order valence-electron chi connectivity index (χ0n) is 10.2. The number of nitrogens with two attached hydrogens (primary N) is 1. The van der Waals surface area contributed by atoms with Crippen molar-refractivity contribution in [3.63, 3.8) is 0 Å². The van der Waals surface area contributed by atoms with Gasteiger partial charge in [-0.15, -0.1) is 0 Å². The maximum Gasteiger partial charge on any atom is 0.225 e. The fourth-order valence-electron chi connectivity index (χ4n) is 1.63. The second-order valence-corrected chi connectivity index (χ2v) is 4.08. The van der Waals surface area contributed by atoms with Gasteiger partial charge in [0.2, 0.25) is 5.95 Å². The number of aromatic nitrogens is 2. The van der Waals surface area contributed by atoms with Crippen molar-refractivity contribution in [2.24, 2.45) is 5.73 Å². The van der Waals surface area contributed by atoms with Crippen LogP contribution in [0.5, 0.6) is 0 Å². The van der Waals surface area contributed by atoms with E-state index in [1.165, 1.54) is 12.1 Å². The third-order valence-corrected chi connectivity index (χ3v) is 2.58. The number of hydrogen-bond donors (Lipinski definition) is 1. The maximum absolute atomic E-state index is 13.1. The molecule has 1 heterocycles. The van der Waals surface area contributed by atoms with Gasteiger partial charge in [0, 0.05) is 38.1 Å². The molecule has 0 saturated carbocycles. The molecule has 2 N–H and O–H groups in total. The maximum atomic E-state index is 13.1. The number of nitrogens with zero attached hydrogens (tertiary/aromatic N) is 3. The minimum absolute atomic E-state index is 0.236. The predicted molar refractivity (Wildman–Crippen MR) is 68.4 cm³/mol. The molecule has 2 aromatic rings. The van der Waals surface area contributed by atoms with E-state index in [4.69, 9.17) is 5.73 Å².